The summed E-state index contributed by atoms with van der Waals surface area (Å²) in [7, 11) is 0. The van der Waals surface area contributed by atoms with Crippen molar-refractivity contribution in [2.75, 3.05) is 19.7 Å². The van der Waals surface area contributed by atoms with Crippen LogP contribution in [0.5, 0.6) is 5.75 Å². The number of benzene rings is 1. The summed E-state index contributed by atoms with van der Waals surface area (Å²) in [4.78, 5) is 2.37. The molecular formula is C17H27NO2. The fourth-order valence-corrected chi connectivity index (χ4v) is 2.75. The van der Waals surface area contributed by atoms with E-state index in [9.17, 15) is 5.11 Å². The third-order valence-corrected chi connectivity index (χ3v) is 4.31. The zero-order valence-corrected chi connectivity index (χ0v) is 12.9. The van der Waals surface area contributed by atoms with E-state index in [1.807, 2.05) is 12.1 Å². The minimum Gasteiger partial charge on any atom is -0.491 e. The van der Waals surface area contributed by atoms with E-state index in [2.05, 4.69) is 31.7 Å². The fraction of sp³-hybridized carbons (Fsp3) is 0.647. The standard InChI is InChI=1S/C17H27NO2/c1-13-7-8-17(10-14(13)2)20-12-16(19)11-18-9-5-4-6-15(18)3/h7-8,10,15-16,19H,4-6,9,11-12H2,1-3H3. The van der Waals surface area contributed by atoms with Crippen molar-refractivity contribution in [3.63, 3.8) is 0 Å². The van der Waals surface area contributed by atoms with Gasteiger partial charge in [0.05, 0.1) is 0 Å². The quantitative estimate of drug-likeness (QED) is 0.898. The van der Waals surface area contributed by atoms with Crippen LogP contribution in [0.2, 0.25) is 0 Å². The van der Waals surface area contributed by atoms with Gasteiger partial charge >= 0.3 is 0 Å². The predicted octanol–water partition coefficient (Wildman–Crippen LogP) is 2.92. The lowest BCUT2D eigenvalue weighted by Crippen LogP contribution is -2.43. The van der Waals surface area contributed by atoms with Gasteiger partial charge in [-0.25, -0.2) is 0 Å². The van der Waals surface area contributed by atoms with Gasteiger partial charge in [-0.2, -0.15) is 0 Å². The summed E-state index contributed by atoms with van der Waals surface area (Å²) in [6, 6.07) is 6.65. The Labute approximate surface area is 122 Å². The zero-order chi connectivity index (χ0) is 14.5. The van der Waals surface area contributed by atoms with Gasteiger partial charge in [0.25, 0.3) is 0 Å². The summed E-state index contributed by atoms with van der Waals surface area (Å²) < 4.78 is 5.70. The van der Waals surface area contributed by atoms with Crippen molar-refractivity contribution in [1.29, 1.82) is 0 Å². The number of aryl methyl sites for hydroxylation is 2. The lowest BCUT2D eigenvalue weighted by Gasteiger charge is -2.34. The first kappa shape index (κ1) is 15.3. The lowest BCUT2D eigenvalue weighted by molar-refractivity contribution is 0.0437. The molecule has 1 aliphatic heterocycles. The Hall–Kier alpha value is -1.06. The average molecular weight is 277 g/mol. The monoisotopic (exact) mass is 277 g/mol. The normalized spacial score (nSPS) is 21.7. The van der Waals surface area contributed by atoms with Crippen LogP contribution in [-0.2, 0) is 0 Å². The molecule has 0 bridgehead atoms. The SMILES string of the molecule is Cc1ccc(OCC(O)CN2CCCCC2C)cc1C. The van der Waals surface area contributed by atoms with Gasteiger partial charge in [0.15, 0.2) is 0 Å². The van der Waals surface area contributed by atoms with Gasteiger partial charge in [-0.05, 0) is 63.4 Å². The number of rotatable bonds is 5. The molecule has 0 amide bonds. The second-order valence-corrected chi connectivity index (χ2v) is 6.05. The first-order chi connectivity index (χ1) is 9.56. The molecule has 1 fully saturated rings. The van der Waals surface area contributed by atoms with E-state index in [0.29, 0.717) is 19.2 Å². The maximum absolute atomic E-state index is 10.1. The number of hydrogen-bond acceptors (Lipinski definition) is 3. The zero-order valence-electron chi connectivity index (χ0n) is 12.9. The molecule has 1 saturated heterocycles. The maximum atomic E-state index is 10.1. The molecule has 2 atom stereocenters. The maximum Gasteiger partial charge on any atom is 0.119 e. The summed E-state index contributed by atoms with van der Waals surface area (Å²) in [6.45, 7) is 8.59. The highest BCUT2D eigenvalue weighted by Crippen LogP contribution is 2.18. The average Bonchev–Trinajstić information content (AvgIpc) is 2.43. The third kappa shape index (κ3) is 4.22. The molecule has 0 saturated carbocycles. The van der Waals surface area contributed by atoms with E-state index in [0.717, 1.165) is 12.3 Å². The van der Waals surface area contributed by atoms with Crippen molar-refractivity contribution in [3.05, 3.63) is 29.3 Å². The van der Waals surface area contributed by atoms with Crippen molar-refractivity contribution in [1.82, 2.24) is 4.90 Å². The van der Waals surface area contributed by atoms with Crippen molar-refractivity contribution < 1.29 is 9.84 Å². The van der Waals surface area contributed by atoms with Crippen molar-refractivity contribution in [2.45, 2.75) is 52.2 Å². The van der Waals surface area contributed by atoms with Gasteiger partial charge in [-0.15, -0.1) is 0 Å². The Balaban J connectivity index is 1.79. The van der Waals surface area contributed by atoms with E-state index in [1.165, 1.54) is 30.4 Å². The van der Waals surface area contributed by atoms with Gasteiger partial charge in [0, 0.05) is 12.6 Å². The van der Waals surface area contributed by atoms with Crippen LogP contribution < -0.4 is 4.74 Å². The van der Waals surface area contributed by atoms with E-state index in [4.69, 9.17) is 4.74 Å². The van der Waals surface area contributed by atoms with E-state index < -0.39 is 6.10 Å². The molecule has 1 aromatic carbocycles. The van der Waals surface area contributed by atoms with Crippen molar-refractivity contribution in [3.8, 4) is 5.75 Å². The number of hydrogen-bond donors (Lipinski definition) is 1. The van der Waals surface area contributed by atoms with Gasteiger partial charge < -0.3 is 9.84 Å². The first-order valence-corrected chi connectivity index (χ1v) is 7.68. The molecule has 1 aromatic rings. The van der Waals surface area contributed by atoms with E-state index in [-0.39, 0.29) is 0 Å². The van der Waals surface area contributed by atoms with Gasteiger partial charge in [-0.3, -0.25) is 4.90 Å². The highest BCUT2D eigenvalue weighted by molar-refractivity contribution is 5.33. The van der Waals surface area contributed by atoms with Crippen LogP contribution in [-0.4, -0.2) is 41.8 Å². The van der Waals surface area contributed by atoms with E-state index >= 15 is 0 Å². The topological polar surface area (TPSA) is 32.7 Å². The lowest BCUT2D eigenvalue weighted by atomic mass is 10.0. The molecule has 1 heterocycles. The van der Waals surface area contributed by atoms with Gasteiger partial charge in [0.2, 0.25) is 0 Å². The molecule has 1 aliphatic rings. The molecule has 0 radical (unpaired) electrons. The number of aliphatic hydroxyl groups is 1. The number of β-amino-alcohol motifs (C(OH)–C–C–N with tert-alkyl or cyclic N) is 1. The largest absolute Gasteiger partial charge is 0.491 e. The molecule has 3 nitrogen and oxygen atoms in total. The predicted molar refractivity (Wildman–Crippen MR) is 82.3 cm³/mol. The summed E-state index contributed by atoms with van der Waals surface area (Å²) in [5, 5.41) is 10.1. The van der Waals surface area contributed by atoms with Crippen molar-refractivity contribution >= 4 is 0 Å². The minimum atomic E-state index is -0.419. The number of aliphatic hydroxyl groups excluding tert-OH is 1. The van der Waals surface area contributed by atoms with Gasteiger partial charge in [-0.1, -0.05) is 12.5 Å². The molecule has 112 valence electrons. The minimum absolute atomic E-state index is 0.367. The van der Waals surface area contributed by atoms with Crippen LogP contribution in [0.15, 0.2) is 18.2 Å². The highest BCUT2D eigenvalue weighted by Gasteiger charge is 2.20. The Kier molecular flexibility index (Phi) is 5.44. The second-order valence-electron chi connectivity index (χ2n) is 6.05. The number of nitrogens with zero attached hydrogens (tertiary/aromatic N) is 1. The molecule has 0 aromatic heterocycles. The van der Waals surface area contributed by atoms with Crippen LogP contribution in [0.25, 0.3) is 0 Å². The molecule has 1 N–H and O–H groups in total. The van der Waals surface area contributed by atoms with Crippen LogP contribution in [0.1, 0.15) is 37.3 Å². The third-order valence-electron chi connectivity index (χ3n) is 4.31. The summed E-state index contributed by atoms with van der Waals surface area (Å²) in [5.41, 5.74) is 2.49. The number of likely N-dealkylation sites (tertiary alicyclic amines) is 1. The summed E-state index contributed by atoms with van der Waals surface area (Å²) in [5.74, 6) is 0.846. The molecule has 20 heavy (non-hydrogen) atoms. The van der Waals surface area contributed by atoms with Crippen LogP contribution in [0.4, 0.5) is 0 Å². The molecule has 0 spiro atoms. The molecule has 3 heteroatoms. The fourth-order valence-electron chi connectivity index (χ4n) is 2.75. The van der Waals surface area contributed by atoms with Crippen LogP contribution in [0.3, 0.4) is 0 Å². The first-order valence-electron chi connectivity index (χ1n) is 7.68. The molecule has 2 rings (SSSR count). The van der Waals surface area contributed by atoms with Gasteiger partial charge in [0.1, 0.15) is 18.5 Å². The number of piperidine rings is 1. The summed E-state index contributed by atoms with van der Waals surface area (Å²) in [6.07, 6.45) is 3.38. The number of ether oxygens (including phenoxy) is 1. The van der Waals surface area contributed by atoms with Crippen molar-refractivity contribution in [2.24, 2.45) is 0 Å². The molecular weight excluding hydrogens is 250 g/mol. The summed E-state index contributed by atoms with van der Waals surface area (Å²) >= 11 is 0. The Morgan fingerprint density at radius 2 is 2.10 bits per heavy atom. The smallest absolute Gasteiger partial charge is 0.119 e. The Morgan fingerprint density at radius 3 is 2.80 bits per heavy atom. The van der Waals surface area contributed by atoms with E-state index in [1.54, 1.807) is 0 Å². The van der Waals surface area contributed by atoms with Crippen LogP contribution in [0, 0.1) is 13.8 Å². The van der Waals surface area contributed by atoms with Crippen LogP contribution >= 0.6 is 0 Å². The Bertz CT molecular complexity index is 433. The second kappa shape index (κ2) is 7.09. The highest BCUT2D eigenvalue weighted by atomic mass is 16.5. The molecule has 0 aliphatic carbocycles. The Morgan fingerprint density at radius 1 is 1.30 bits per heavy atom. The molecule has 2 unspecified atom stereocenters.